The summed E-state index contributed by atoms with van der Waals surface area (Å²) >= 11 is 0. The van der Waals surface area contributed by atoms with E-state index in [0.717, 1.165) is 37.1 Å². The number of hydrogen-bond donors (Lipinski definition) is 2. The minimum Gasteiger partial charge on any atom is -0.356 e. The van der Waals surface area contributed by atoms with Crippen LogP contribution in [0.1, 0.15) is 37.7 Å². The number of nitrogens with zero attached hydrogens (tertiary/aromatic N) is 2. The van der Waals surface area contributed by atoms with Gasteiger partial charge >= 0.3 is 0 Å². The molecule has 2 aliphatic rings. The van der Waals surface area contributed by atoms with Gasteiger partial charge in [0.15, 0.2) is 5.96 Å². The van der Waals surface area contributed by atoms with Crippen molar-refractivity contribution in [1.29, 1.82) is 0 Å². The van der Waals surface area contributed by atoms with E-state index in [2.05, 4.69) is 20.5 Å². The summed E-state index contributed by atoms with van der Waals surface area (Å²) in [5, 5.41) is 6.92. The first-order valence-corrected chi connectivity index (χ1v) is 9.20. The Balaban J connectivity index is 1.39. The van der Waals surface area contributed by atoms with Crippen LogP contribution in [0.3, 0.4) is 0 Å². The molecule has 132 valence electrons. The molecule has 5 heteroatoms. The van der Waals surface area contributed by atoms with E-state index in [1.54, 1.807) is 0 Å². The molecule has 1 saturated carbocycles. The van der Waals surface area contributed by atoms with E-state index in [9.17, 15) is 4.39 Å². The van der Waals surface area contributed by atoms with Crippen LogP contribution in [0.5, 0.6) is 0 Å². The fourth-order valence-corrected chi connectivity index (χ4v) is 3.87. The maximum absolute atomic E-state index is 12.9. The Kier molecular flexibility index (Phi) is 6.07. The molecule has 2 fully saturated rings. The molecule has 2 N–H and O–H groups in total. The molecular formula is C19H29FN4. The molecule has 0 bridgehead atoms. The number of guanidine groups is 1. The monoisotopic (exact) mass is 332 g/mol. The van der Waals surface area contributed by atoms with Crippen LogP contribution >= 0.6 is 0 Å². The average Bonchev–Trinajstić information content (AvgIpc) is 3.27. The average molecular weight is 332 g/mol. The van der Waals surface area contributed by atoms with E-state index >= 15 is 0 Å². The zero-order valence-corrected chi connectivity index (χ0v) is 14.6. The number of halogens is 1. The van der Waals surface area contributed by atoms with Gasteiger partial charge in [-0.3, -0.25) is 9.89 Å². The third-order valence-electron chi connectivity index (χ3n) is 5.24. The Morgan fingerprint density at radius 1 is 1.21 bits per heavy atom. The molecule has 0 radical (unpaired) electrons. The lowest BCUT2D eigenvalue weighted by molar-refractivity contribution is 0.242. The van der Waals surface area contributed by atoms with Crippen molar-refractivity contribution >= 4 is 5.96 Å². The van der Waals surface area contributed by atoms with Gasteiger partial charge in [-0.15, -0.1) is 0 Å². The highest BCUT2D eigenvalue weighted by atomic mass is 19.1. The summed E-state index contributed by atoms with van der Waals surface area (Å²) < 4.78 is 12.9. The van der Waals surface area contributed by atoms with Crippen LogP contribution in [0.25, 0.3) is 0 Å². The van der Waals surface area contributed by atoms with Crippen molar-refractivity contribution in [2.45, 2.75) is 50.6 Å². The molecule has 1 unspecified atom stereocenters. The SMILES string of the molecule is CN=C(NCCc1ccc(F)cc1)NC1CCN(C2CCCC2)C1. The van der Waals surface area contributed by atoms with Crippen LogP contribution in [0.15, 0.2) is 29.3 Å². The molecular weight excluding hydrogens is 303 g/mol. The largest absolute Gasteiger partial charge is 0.356 e. The molecule has 3 rings (SSSR count). The van der Waals surface area contributed by atoms with Crippen molar-refractivity contribution in [3.8, 4) is 0 Å². The standard InChI is InChI=1S/C19H29FN4/c1-21-19(22-12-10-15-6-8-16(20)9-7-15)23-17-11-13-24(14-17)18-4-2-3-5-18/h6-9,17-18H,2-5,10-14H2,1H3,(H2,21,22,23). The Labute approximate surface area is 144 Å². The highest BCUT2D eigenvalue weighted by Gasteiger charge is 2.30. The summed E-state index contributed by atoms with van der Waals surface area (Å²) in [5.41, 5.74) is 1.13. The van der Waals surface area contributed by atoms with Gasteiger partial charge in [-0.05, 0) is 43.4 Å². The number of rotatable bonds is 5. The first-order chi connectivity index (χ1) is 11.7. The molecule has 0 amide bonds. The number of likely N-dealkylation sites (tertiary alicyclic amines) is 1. The van der Waals surface area contributed by atoms with E-state index in [1.165, 1.54) is 50.8 Å². The first kappa shape index (κ1) is 17.2. The Bertz CT molecular complexity index is 537. The van der Waals surface area contributed by atoms with Crippen LogP contribution in [-0.4, -0.2) is 49.6 Å². The van der Waals surface area contributed by atoms with Crippen LogP contribution in [0.2, 0.25) is 0 Å². The van der Waals surface area contributed by atoms with Gasteiger partial charge in [0.25, 0.3) is 0 Å². The van der Waals surface area contributed by atoms with Gasteiger partial charge in [-0.2, -0.15) is 0 Å². The third kappa shape index (κ3) is 4.69. The predicted molar refractivity (Wildman–Crippen MR) is 96.8 cm³/mol. The number of aliphatic imine (C=N–C) groups is 1. The van der Waals surface area contributed by atoms with E-state index in [-0.39, 0.29) is 5.82 Å². The van der Waals surface area contributed by atoms with E-state index in [0.29, 0.717) is 6.04 Å². The second kappa shape index (κ2) is 8.47. The van der Waals surface area contributed by atoms with Crippen LogP contribution < -0.4 is 10.6 Å². The molecule has 1 saturated heterocycles. The summed E-state index contributed by atoms with van der Waals surface area (Å²) in [6.45, 7) is 3.13. The minimum absolute atomic E-state index is 0.183. The summed E-state index contributed by atoms with van der Waals surface area (Å²) in [5.74, 6) is 0.688. The molecule has 0 aromatic heterocycles. The Morgan fingerprint density at radius 3 is 2.67 bits per heavy atom. The lowest BCUT2D eigenvalue weighted by Gasteiger charge is -2.24. The summed E-state index contributed by atoms with van der Waals surface area (Å²) in [4.78, 5) is 6.98. The Morgan fingerprint density at radius 2 is 1.96 bits per heavy atom. The fourth-order valence-electron chi connectivity index (χ4n) is 3.87. The van der Waals surface area contributed by atoms with Crippen LogP contribution in [-0.2, 0) is 6.42 Å². The van der Waals surface area contributed by atoms with E-state index in [4.69, 9.17) is 0 Å². The highest BCUT2D eigenvalue weighted by Crippen LogP contribution is 2.26. The first-order valence-electron chi connectivity index (χ1n) is 9.20. The Hall–Kier alpha value is -1.62. The van der Waals surface area contributed by atoms with Gasteiger partial charge in [-0.1, -0.05) is 25.0 Å². The topological polar surface area (TPSA) is 39.7 Å². The molecule has 1 atom stereocenters. The van der Waals surface area contributed by atoms with Gasteiger partial charge in [0.1, 0.15) is 5.82 Å². The second-order valence-corrected chi connectivity index (χ2v) is 6.94. The van der Waals surface area contributed by atoms with E-state index in [1.807, 2.05) is 19.2 Å². The minimum atomic E-state index is -0.183. The fraction of sp³-hybridized carbons (Fsp3) is 0.632. The lowest BCUT2D eigenvalue weighted by atomic mass is 10.1. The van der Waals surface area contributed by atoms with Gasteiger partial charge in [-0.25, -0.2) is 4.39 Å². The maximum atomic E-state index is 12.9. The normalized spacial score (nSPS) is 22.9. The molecule has 1 aromatic rings. The molecule has 24 heavy (non-hydrogen) atoms. The molecule has 1 heterocycles. The van der Waals surface area contributed by atoms with Crippen molar-refractivity contribution in [2.75, 3.05) is 26.7 Å². The van der Waals surface area contributed by atoms with Crippen LogP contribution in [0.4, 0.5) is 4.39 Å². The molecule has 0 spiro atoms. The second-order valence-electron chi connectivity index (χ2n) is 6.94. The summed E-state index contributed by atoms with van der Waals surface area (Å²) in [7, 11) is 1.82. The summed E-state index contributed by atoms with van der Waals surface area (Å²) in [6.07, 6.45) is 7.58. The van der Waals surface area contributed by atoms with Crippen molar-refractivity contribution in [3.63, 3.8) is 0 Å². The predicted octanol–water partition coefficient (Wildman–Crippen LogP) is 2.55. The van der Waals surface area contributed by atoms with Crippen molar-refractivity contribution in [1.82, 2.24) is 15.5 Å². The zero-order chi connectivity index (χ0) is 16.8. The smallest absolute Gasteiger partial charge is 0.191 e. The lowest BCUT2D eigenvalue weighted by Crippen LogP contribution is -2.45. The summed E-state index contributed by atoms with van der Waals surface area (Å²) in [6, 6.07) is 8.00. The quantitative estimate of drug-likeness (QED) is 0.643. The zero-order valence-electron chi connectivity index (χ0n) is 14.6. The highest BCUT2D eigenvalue weighted by molar-refractivity contribution is 5.80. The third-order valence-corrected chi connectivity index (χ3v) is 5.24. The van der Waals surface area contributed by atoms with Gasteiger partial charge in [0.05, 0.1) is 0 Å². The van der Waals surface area contributed by atoms with Crippen molar-refractivity contribution in [3.05, 3.63) is 35.6 Å². The van der Waals surface area contributed by atoms with Crippen molar-refractivity contribution in [2.24, 2.45) is 4.99 Å². The van der Waals surface area contributed by atoms with Crippen molar-refractivity contribution < 1.29 is 4.39 Å². The van der Waals surface area contributed by atoms with Crippen LogP contribution in [0, 0.1) is 5.82 Å². The van der Waals surface area contributed by atoms with Gasteiger partial charge in [0, 0.05) is 38.8 Å². The molecule has 1 aromatic carbocycles. The molecule has 4 nitrogen and oxygen atoms in total. The number of nitrogens with one attached hydrogen (secondary N) is 2. The van der Waals surface area contributed by atoms with Gasteiger partial charge < -0.3 is 10.6 Å². The number of benzene rings is 1. The molecule has 1 aliphatic heterocycles. The number of hydrogen-bond acceptors (Lipinski definition) is 2. The maximum Gasteiger partial charge on any atom is 0.191 e. The van der Waals surface area contributed by atoms with Gasteiger partial charge in [0.2, 0.25) is 0 Å². The molecule has 1 aliphatic carbocycles. The van der Waals surface area contributed by atoms with E-state index < -0.39 is 0 Å².